The average Bonchev–Trinajstić information content (AvgIpc) is 3.15. The van der Waals surface area contributed by atoms with Gasteiger partial charge in [0, 0.05) is 24.5 Å². The Morgan fingerprint density at radius 1 is 1.04 bits per heavy atom. The lowest BCUT2D eigenvalue weighted by Gasteiger charge is -2.13. The summed E-state index contributed by atoms with van der Waals surface area (Å²) in [6.07, 6.45) is 0.226. The molecule has 3 aromatic rings. The molecule has 136 valence electrons. The van der Waals surface area contributed by atoms with Crippen molar-refractivity contribution >= 4 is 0 Å². The molecule has 1 aromatic heterocycles. The number of rotatable bonds is 6. The van der Waals surface area contributed by atoms with Crippen LogP contribution in [0.25, 0.3) is 5.69 Å². The van der Waals surface area contributed by atoms with Gasteiger partial charge in [-0.05, 0) is 42.0 Å². The average molecular weight is 362 g/mol. The molecule has 1 unspecified atom stereocenters. The lowest BCUT2D eigenvalue weighted by Crippen LogP contribution is -2.20. The van der Waals surface area contributed by atoms with Crippen LogP contribution in [-0.2, 0) is 12.6 Å². The molecule has 0 aliphatic heterocycles. The number of halogens is 3. The molecule has 3 rings (SSSR count). The number of nitrogens with zero attached hydrogens (tertiary/aromatic N) is 2. The monoisotopic (exact) mass is 362 g/mol. The molecule has 1 heterocycles. The quantitative estimate of drug-likeness (QED) is 0.724. The first kappa shape index (κ1) is 18.0. The van der Waals surface area contributed by atoms with Gasteiger partial charge in [-0.2, -0.15) is 13.2 Å². The van der Waals surface area contributed by atoms with Crippen molar-refractivity contribution in [3.63, 3.8) is 0 Å². The Morgan fingerprint density at radius 3 is 2.31 bits per heavy atom. The van der Waals surface area contributed by atoms with E-state index in [0.717, 1.165) is 17.8 Å². The van der Waals surface area contributed by atoms with Gasteiger partial charge in [-0.1, -0.05) is 12.1 Å². The van der Waals surface area contributed by atoms with Crippen molar-refractivity contribution in [2.45, 2.75) is 18.7 Å². The summed E-state index contributed by atoms with van der Waals surface area (Å²) in [5, 5.41) is 10.0. The van der Waals surface area contributed by atoms with E-state index in [9.17, 15) is 18.3 Å². The molecule has 0 bridgehead atoms. The maximum absolute atomic E-state index is 12.5. The second-order valence-corrected chi connectivity index (χ2v) is 5.83. The van der Waals surface area contributed by atoms with Crippen molar-refractivity contribution in [1.82, 2.24) is 9.55 Å². The molecule has 1 atom stereocenters. The van der Waals surface area contributed by atoms with Gasteiger partial charge in [-0.3, -0.25) is 0 Å². The van der Waals surface area contributed by atoms with Gasteiger partial charge in [0.1, 0.15) is 12.4 Å². The summed E-state index contributed by atoms with van der Waals surface area (Å²) >= 11 is 0. The molecule has 0 saturated heterocycles. The fourth-order valence-electron chi connectivity index (χ4n) is 2.48. The van der Waals surface area contributed by atoms with Crippen LogP contribution in [0, 0.1) is 0 Å². The van der Waals surface area contributed by atoms with E-state index in [0.29, 0.717) is 11.3 Å². The minimum atomic E-state index is -4.36. The highest BCUT2D eigenvalue weighted by Crippen LogP contribution is 2.29. The zero-order valence-electron chi connectivity index (χ0n) is 13.7. The highest BCUT2D eigenvalue weighted by molar-refractivity contribution is 5.37. The van der Waals surface area contributed by atoms with E-state index in [4.69, 9.17) is 4.74 Å². The minimum absolute atomic E-state index is 0.0471. The first-order valence-corrected chi connectivity index (χ1v) is 7.97. The number of alkyl halides is 3. The third-order valence-electron chi connectivity index (χ3n) is 3.83. The number of imidazole rings is 1. The Labute approximate surface area is 148 Å². The topological polar surface area (TPSA) is 47.3 Å². The van der Waals surface area contributed by atoms with Crippen LogP contribution in [0.4, 0.5) is 13.2 Å². The predicted molar refractivity (Wildman–Crippen MR) is 90.2 cm³/mol. The van der Waals surface area contributed by atoms with Crippen LogP contribution >= 0.6 is 0 Å². The lowest BCUT2D eigenvalue weighted by molar-refractivity contribution is -0.137. The van der Waals surface area contributed by atoms with Crippen molar-refractivity contribution in [1.29, 1.82) is 0 Å². The Bertz CT molecular complexity index is 813. The van der Waals surface area contributed by atoms with Gasteiger partial charge in [0.05, 0.1) is 18.0 Å². The highest BCUT2D eigenvalue weighted by atomic mass is 19.4. The van der Waals surface area contributed by atoms with Gasteiger partial charge < -0.3 is 14.4 Å². The Morgan fingerprint density at radius 2 is 1.73 bits per heavy atom. The van der Waals surface area contributed by atoms with Crippen molar-refractivity contribution in [2.75, 3.05) is 6.61 Å². The van der Waals surface area contributed by atoms with Gasteiger partial charge in [0.15, 0.2) is 0 Å². The lowest BCUT2D eigenvalue weighted by atomic mass is 10.1. The number of aromatic nitrogens is 2. The minimum Gasteiger partial charge on any atom is -0.491 e. The normalized spacial score (nSPS) is 12.8. The van der Waals surface area contributed by atoms with E-state index in [1.54, 1.807) is 24.7 Å². The van der Waals surface area contributed by atoms with Crippen LogP contribution in [0.2, 0.25) is 0 Å². The number of hydrogen-bond acceptors (Lipinski definition) is 3. The molecule has 0 aliphatic carbocycles. The van der Waals surface area contributed by atoms with Gasteiger partial charge >= 0.3 is 6.18 Å². The molecular formula is C19H17F3N2O2. The van der Waals surface area contributed by atoms with Gasteiger partial charge in [0.25, 0.3) is 0 Å². The van der Waals surface area contributed by atoms with Crippen LogP contribution in [0.5, 0.6) is 5.75 Å². The number of aliphatic hydroxyl groups is 1. The molecule has 0 aliphatic rings. The molecule has 2 aromatic carbocycles. The number of benzene rings is 2. The summed E-state index contributed by atoms with van der Waals surface area (Å²) in [6.45, 7) is 0.0471. The van der Waals surface area contributed by atoms with Crippen LogP contribution < -0.4 is 4.74 Å². The molecule has 7 heteroatoms. The third-order valence-corrected chi connectivity index (χ3v) is 3.83. The van der Waals surface area contributed by atoms with Gasteiger partial charge in [0.2, 0.25) is 0 Å². The number of ether oxygens (including phenoxy) is 1. The van der Waals surface area contributed by atoms with E-state index < -0.39 is 17.8 Å². The van der Waals surface area contributed by atoms with E-state index in [1.165, 1.54) is 12.1 Å². The molecule has 4 nitrogen and oxygen atoms in total. The van der Waals surface area contributed by atoms with E-state index >= 15 is 0 Å². The van der Waals surface area contributed by atoms with Crippen LogP contribution in [-0.4, -0.2) is 27.4 Å². The summed E-state index contributed by atoms with van der Waals surface area (Å²) in [5.74, 6) is 0.598. The highest BCUT2D eigenvalue weighted by Gasteiger charge is 2.29. The molecule has 0 saturated carbocycles. The fraction of sp³-hybridized carbons (Fsp3) is 0.211. The molecule has 0 radical (unpaired) electrons. The van der Waals surface area contributed by atoms with Gasteiger partial charge in [-0.15, -0.1) is 0 Å². The fourth-order valence-corrected chi connectivity index (χ4v) is 2.48. The van der Waals surface area contributed by atoms with E-state index in [1.807, 2.05) is 22.9 Å². The zero-order valence-corrected chi connectivity index (χ0v) is 13.7. The maximum atomic E-state index is 12.5. The third kappa shape index (κ3) is 4.64. The van der Waals surface area contributed by atoms with Crippen LogP contribution in [0.15, 0.2) is 67.3 Å². The van der Waals surface area contributed by atoms with Crippen LogP contribution in [0.1, 0.15) is 11.1 Å². The SMILES string of the molecule is OC(COc1ccc(-n2ccnc2)cc1)Cc1ccc(C(F)(F)F)cc1. The number of hydrogen-bond donors (Lipinski definition) is 1. The molecular weight excluding hydrogens is 345 g/mol. The predicted octanol–water partition coefficient (Wildman–Crippen LogP) is 3.87. The summed E-state index contributed by atoms with van der Waals surface area (Å²) in [7, 11) is 0. The van der Waals surface area contributed by atoms with Crippen LogP contribution in [0.3, 0.4) is 0 Å². The first-order chi connectivity index (χ1) is 12.4. The van der Waals surface area contributed by atoms with Crippen molar-refractivity contribution < 1.29 is 23.0 Å². The van der Waals surface area contributed by atoms with Gasteiger partial charge in [-0.25, -0.2) is 4.98 Å². The summed E-state index contributed by atoms with van der Waals surface area (Å²) in [4.78, 5) is 3.98. The Balaban J connectivity index is 1.51. The zero-order chi connectivity index (χ0) is 18.6. The smallest absolute Gasteiger partial charge is 0.416 e. The van der Waals surface area contributed by atoms with Crippen molar-refractivity contribution in [3.05, 3.63) is 78.4 Å². The second-order valence-electron chi connectivity index (χ2n) is 5.83. The van der Waals surface area contributed by atoms with Crippen molar-refractivity contribution in [2.24, 2.45) is 0 Å². The first-order valence-electron chi connectivity index (χ1n) is 7.97. The maximum Gasteiger partial charge on any atom is 0.416 e. The van der Waals surface area contributed by atoms with E-state index in [-0.39, 0.29) is 13.0 Å². The Hall–Kier alpha value is -2.80. The molecule has 0 fully saturated rings. The number of aliphatic hydroxyl groups excluding tert-OH is 1. The molecule has 0 amide bonds. The molecule has 1 N–H and O–H groups in total. The summed E-state index contributed by atoms with van der Waals surface area (Å²) in [5.41, 5.74) is 0.842. The second kappa shape index (κ2) is 7.61. The molecule has 0 spiro atoms. The largest absolute Gasteiger partial charge is 0.491 e. The summed E-state index contributed by atoms with van der Waals surface area (Å²) in [6, 6.07) is 12.0. The Kier molecular flexibility index (Phi) is 5.27. The van der Waals surface area contributed by atoms with E-state index in [2.05, 4.69) is 4.98 Å². The standard InChI is InChI=1S/C19H17F3N2O2/c20-19(21,22)15-3-1-14(2-4-15)11-17(25)12-26-18-7-5-16(6-8-18)24-10-9-23-13-24/h1-10,13,17,25H,11-12H2. The summed E-state index contributed by atoms with van der Waals surface area (Å²) < 4.78 is 45.0. The van der Waals surface area contributed by atoms with Crippen molar-refractivity contribution in [3.8, 4) is 11.4 Å². The molecule has 26 heavy (non-hydrogen) atoms.